The molecule has 2 aliphatic heterocycles. The largest absolute Gasteiger partial charge is 0.423 e. The van der Waals surface area contributed by atoms with E-state index < -0.39 is 12.3 Å². The highest BCUT2D eigenvalue weighted by Gasteiger charge is 2.30. The van der Waals surface area contributed by atoms with E-state index in [1.165, 1.54) is 19.3 Å². The van der Waals surface area contributed by atoms with Crippen LogP contribution in [0.1, 0.15) is 44.1 Å². The number of hydrogen-bond acceptors (Lipinski definition) is 8. The summed E-state index contributed by atoms with van der Waals surface area (Å²) in [6, 6.07) is 3.63. The lowest BCUT2D eigenvalue weighted by Crippen LogP contribution is -2.30. The molecule has 4 N–H and O–H groups in total. The van der Waals surface area contributed by atoms with Crippen LogP contribution in [0.4, 0.5) is 20.4 Å². The van der Waals surface area contributed by atoms with E-state index in [0.717, 1.165) is 31.7 Å². The van der Waals surface area contributed by atoms with Gasteiger partial charge in [0.2, 0.25) is 5.90 Å². The number of halogens is 2. The fraction of sp³-hybridized carbons (Fsp3) is 0.636. The SMILES string of the molecule is CNc1nc(N2CCCCCCC2)ccc1C(=N)C(=N)OC(=N)C1CCN(CC(F)F)C1. The van der Waals surface area contributed by atoms with Gasteiger partial charge in [0.15, 0.2) is 5.90 Å². The molecule has 3 heterocycles. The molecular formula is C22H33F2N7O. The monoisotopic (exact) mass is 449 g/mol. The highest BCUT2D eigenvalue weighted by molar-refractivity contribution is 6.45. The van der Waals surface area contributed by atoms with Crippen LogP contribution in [0.15, 0.2) is 12.1 Å². The van der Waals surface area contributed by atoms with Crippen LogP contribution in [0.25, 0.3) is 0 Å². The number of nitrogens with one attached hydrogen (secondary N) is 4. The Bertz CT molecular complexity index is 824. The second kappa shape index (κ2) is 11.3. The highest BCUT2D eigenvalue weighted by atomic mass is 19.3. The number of likely N-dealkylation sites (tertiary alicyclic amines) is 1. The van der Waals surface area contributed by atoms with Crippen LogP contribution in [-0.4, -0.2) is 73.6 Å². The second-order valence-corrected chi connectivity index (χ2v) is 8.38. The summed E-state index contributed by atoms with van der Waals surface area (Å²) in [7, 11) is 1.72. The highest BCUT2D eigenvalue weighted by Crippen LogP contribution is 2.23. The van der Waals surface area contributed by atoms with Gasteiger partial charge in [-0.1, -0.05) is 19.3 Å². The topological polar surface area (TPSA) is 112 Å². The van der Waals surface area contributed by atoms with Gasteiger partial charge in [0, 0.05) is 38.2 Å². The van der Waals surface area contributed by atoms with Gasteiger partial charge >= 0.3 is 0 Å². The summed E-state index contributed by atoms with van der Waals surface area (Å²) in [5.74, 6) is 0.377. The molecule has 0 spiro atoms. The van der Waals surface area contributed by atoms with Gasteiger partial charge < -0.3 is 15.0 Å². The number of aromatic nitrogens is 1. The maximum absolute atomic E-state index is 12.6. The molecule has 2 aliphatic rings. The maximum atomic E-state index is 12.6. The van der Waals surface area contributed by atoms with E-state index in [4.69, 9.17) is 21.0 Å². The van der Waals surface area contributed by atoms with Gasteiger partial charge in [0.25, 0.3) is 6.43 Å². The number of rotatable bonds is 7. The quantitative estimate of drug-likeness (QED) is 0.373. The summed E-state index contributed by atoms with van der Waals surface area (Å²) in [6.07, 6.45) is 4.10. The molecule has 2 saturated heterocycles. The fourth-order valence-electron chi connectivity index (χ4n) is 4.27. The Morgan fingerprint density at radius 1 is 1.12 bits per heavy atom. The Labute approximate surface area is 187 Å². The van der Waals surface area contributed by atoms with E-state index in [-0.39, 0.29) is 24.1 Å². The summed E-state index contributed by atoms with van der Waals surface area (Å²) in [4.78, 5) is 8.53. The first-order chi connectivity index (χ1) is 15.4. The van der Waals surface area contributed by atoms with Crippen molar-refractivity contribution < 1.29 is 13.5 Å². The Hall–Kier alpha value is -2.62. The first kappa shape index (κ1) is 24.0. The molecule has 32 heavy (non-hydrogen) atoms. The molecule has 0 bridgehead atoms. The molecule has 1 aromatic rings. The molecule has 10 heteroatoms. The Balaban J connectivity index is 1.63. The summed E-state index contributed by atoms with van der Waals surface area (Å²) in [5.41, 5.74) is 0.250. The van der Waals surface area contributed by atoms with Crippen LogP contribution < -0.4 is 10.2 Å². The predicted octanol–water partition coefficient (Wildman–Crippen LogP) is 3.82. The molecule has 2 fully saturated rings. The molecule has 0 saturated carbocycles. The van der Waals surface area contributed by atoms with Gasteiger partial charge in [0.05, 0.1) is 6.54 Å². The van der Waals surface area contributed by atoms with Crippen molar-refractivity contribution in [2.75, 3.05) is 50.0 Å². The average molecular weight is 450 g/mol. The number of alkyl halides is 2. The van der Waals surface area contributed by atoms with Crippen molar-refractivity contribution in [3.63, 3.8) is 0 Å². The maximum Gasteiger partial charge on any atom is 0.251 e. The third-order valence-electron chi connectivity index (χ3n) is 6.05. The molecule has 1 atom stereocenters. The number of pyridine rings is 1. The van der Waals surface area contributed by atoms with E-state index in [2.05, 4.69) is 15.2 Å². The zero-order valence-corrected chi connectivity index (χ0v) is 18.6. The Morgan fingerprint density at radius 3 is 2.47 bits per heavy atom. The van der Waals surface area contributed by atoms with Crippen molar-refractivity contribution in [3.8, 4) is 0 Å². The molecule has 0 aliphatic carbocycles. The van der Waals surface area contributed by atoms with Crippen molar-refractivity contribution in [1.82, 2.24) is 9.88 Å². The minimum Gasteiger partial charge on any atom is -0.423 e. The summed E-state index contributed by atoms with van der Waals surface area (Å²) < 4.78 is 30.5. The average Bonchev–Trinajstić information content (AvgIpc) is 3.20. The Kier molecular flexibility index (Phi) is 8.49. The standard InChI is InChI=1S/C22H33F2N7O/c1-28-22-16(7-8-18(29-22)31-10-5-3-2-4-6-11-31)19(25)21(27)32-20(26)15-9-12-30(13-15)14-17(23)24/h7-8,15,17,25-27H,2-6,9-14H2,1H3,(H,28,29). The zero-order valence-electron chi connectivity index (χ0n) is 18.6. The van der Waals surface area contributed by atoms with Crippen molar-refractivity contribution in [1.29, 1.82) is 16.2 Å². The molecular weight excluding hydrogens is 416 g/mol. The second-order valence-electron chi connectivity index (χ2n) is 8.38. The fourth-order valence-corrected chi connectivity index (χ4v) is 4.27. The summed E-state index contributed by atoms with van der Waals surface area (Å²) in [5, 5.41) is 27.7. The van der Waals surface area contributed by atoms with Crippen LogP contribution in [0.3, 0.4) is 0 Å². The van der Waals surface area contributed by atoms with Crippen molar-refractivity contribution in [2.45, 2.75) is 45.0 Å². The minimum atomic E-state index is -2.41. The molecule has 0 amide bonds. The third kappa shape index (κ3) is 6.21. The number of anilines is 2. The van der Waals surface area contributed by atoms with Gasteiger partial charge in [-0.3, -0.25) is 21.1 Å². The molecule has 1 unspecified atom stereocenters. The van der Waals surface area contributed by atoms with Gasteiger partial charge in [-0.15, -0.1) is 0 Å². The molecule has 3 rings (SSSR count). The third-order valence-corrected chi connectivity index (χ3v) is 6.05. The minimum absolute atomic E-state index is 0.160. The van der Waals surface area contributed by atoms with Gasteiger partial charge in [-0.2, -0.15) is 0 Å². The first-order valence-corrected chi connectivity index (χ1v) is 11.3. The van der Waals surface area contributed by atoms with E-state index in [1.54, 1.807) is 18.0 Å². The zero-order chi connectivity index (χ0) is 23.1. The molecule has 1 aromatic heterocycles. The van der Waals surface area contributed by atoms with E-state index in [1.807, 2.05) is 6.07 Å². The van der Waals surface area contributed by atoms with Crippen LogP contribution in [0.5, 0.6) is 0 Å². The number of hydrogen-bond donors (Lipinski definition) is 4. The van der Waals surface area contributed by atoms with E-state index in [0.29, 0.717) is 30.9 Å². The number of ether oxygens (including phenoxy) is 1. The van der Waals surface area contributed by atoms with E-state index in [9.17, 15) is 8.78 Å². The van der Waals surface area contributed by atoms with E-state index >= 15 is 0 Å². The van der Waals surface area contributed by atoms with Crippen molar-refractivity contribution in [3.05, 3.63) is 17.7 Å². The summed E-state index contributed by atoms with van der Waals surface area (Å²) >= 11 is 0. The molecule has 0 radical (unpaired) electrons. The van der Waals surface area contributed by atoms with Crippen LogP contribution in [-0.2, 0) is 4.74 Å². The lowest BCUT2D eigenvalue weighted by atomic mass is 10.1. The van der Waals surface area contributed by atoms with Crippen molar-refractivity contribution in [2.24, 2.45) is 5.92 Å². The Morgan fingerprint density at radius 2 is 1.81 bits per heavy atom. The summed E-state index contributed by atoms with van der Waals surface area (Å²) in [6.45, 7) is 2.35. The first-order valence-electron chi connectivity index (χ1n) is 11.3. The smallest absolute Gasteiger partial charge is 0.251 e. The predicted molar refractivity (Wildman–Crippen MR) is 123 cm³/mol. The van der Waals surface area contributed by atoms with Gasteiger partial charge in [0.1, 0.15) is 17.3 Å². The van der Waals surface area contributed by atoms with Crippen LogP contribution >= 0.6 is 0 Å². The molecule has 8 nitrogen and oxygen atoms in total. The van der Waals surface area contributed by atoms with Crippen molar-refractivity contribution >= 4 is 29.1 Å². The normalized spacial score (nSPS) is 20.0. The van der Waals surface area contributed by atoms with Gasteiger partial charge in [-0.05, 0) is 37.9 Å². The molecule has 0 aromatic carbocycles. The molecule has 176 valence electrons. The lowest BCUT2D eigenvalue weighted by Gasteiger charge is -2.26. The van der Waals surface area contributed by atoms with Gasteiger partial charge in [-0.25, -0.2) is 13.8 Å². The van der Waals surface area contributed by atoms with Crippen LogP contribution in [0, 0.1) is 22.1 Å². The van der Waals surface area contributed by atoms with Crippen LogP contribution in [0.2, 0.25) is 0 Å². The number of nitrogens with zero attached hydrogens (tertiary/aromatic N) is 3. The lowest BCUT2D eigenvalue weighted by molar-refractivity contribution is 0.0986.